The lowest BCUT2D eigenvalue weighted by Gasteiger charge is -2.28. The number of ether oxygens (including phenoxy) is 1. The van der Waals surface area contributed by atoms with E-state index < -0.39 is 0 Å². The molecule has 1 aromatic rings. The smallest absolute Gasteiger partial charge is 0.135 e. The summed E-state index contributed by atoms with van der Waals surface area (Å²) in [5.74, 6) is 1.42. The van der Waals surface area contributed by atoms with Gasteiger partial charge in [-0.3, -0.25) is 0 Å². The molecular formula is C10H16IN3O. The largest absolute Gasteiger partial charge is 0.383 e. The van der Waals surface area contributed by atoms with Crippen molar-refractivity contribution in [3.63, 3.8) is 0 Å². The lowest BCUT2D eigenvalue weighted by atomic mass is 9.93. The lowest BCUT2D eigenvalue weighted by molar-refractivity contribution is 0.0499. The maximum atomic E-state index is 5.97. The predicted octanol–water partition coefficient (Wildman–Crippen LogP) is 2.06. The number of nitrogen functional groups attached to an aromatic ring is 1. The predicted molar refractivity (Wildman–Crippen MR) is 67.6 cm³/mol. The molecule has 15 heavy (non-hydrogen) atoms. The number of hydrogen-bond acceptors (Lipinski definition) is 3. The molecule has 4 nitrogen and oxygen atoms in total. The van der Waals surface area contributed by atoms with E-state index in [4.69, 9.17) is 10.5 Å². The number of rotatable bonds is 2. The highest BCUT2D eigenvalue weighted by atomic mass is 127. The van der Waals surface area contributed by atoms with Crippen LogP contribution >= 0.6 is 22.6 Å². The maximum absolute atomic E-state index is 5.97. The Kier molecular flexibility index (Phi) is 3.50. The second-order valence-electron chi connectivity index (χ2n) is 4.01. The SMILES string of the molecule is CC(C1CCOCC1)n1ncc(I)c1N. The molecule has 0 radical (unpaired) electrons. The van der Waals surface area contributed by atoms with Crippen LogP contribution in [0.4, 0.5) is 5.82 Å². The minimum Gasteiger partial charge on any atom is -0.383 e. The summed E-state index contributed by atoms with van der Waals surface area (Å²) in [5, 5.41) is 4.33. The van der Waals surface area contributed by atoms with Crippen LogP contribution in [0.2, 0.25) is 0 Å². The van der Waals surface area contributed by atoms with Gasteiger partial charge in [0.25, 0.3) is 0 Å². The minimum absolute atomic E-state index is 0.373. The molecule has 0 aromatic carbocycles. The quantitative estimate of drug-likeness (QED) is 0.849. The molecule has 1 aromatic heterocycles. The molecule has 2 heterocycles. The monoisotopic (exact) mass is 321 g/mol. The van der Waals surface area contributed by atoms with Crippen molar-refractivity contribution in [1.82, 2.24) is 9.78 Å². The summed E-state index contributed by atoms with van der Waals surface area (Å²) in [5.41, 5.74) is 5.97. The van der Waals surface area contributed by atoms with Crippen molar-refractivity contribution in [2.75, 3.05) is 18.9 Å². The Bertz CT molecular complexity index is 333. The van der Waals surface area contributed by atoms with Crippen molar-refractivity contribution < 1.29 is 4.74 Å². The molecule has 84 valence electrons. The maximum Gasteiger partial charge on any atom is 0.135 e. The van der Waals surface area contributed by atoms with Crippen LogP contribution in [0.15, 0.2) is 6.20 Å². The molecule has 2 N–H and O–H groups in total. The molecule has 0 amide bonds. The van der Waals surface area contributed by atoms with Gasteiger partial charge in [-0.2, -0.15) is 5.10 Å². The van der Waals surface area contributed by atoms with Gasteiger partial charge in [-0.05, 0) is 48.3 Å². The first-order chi connectivity index (χ1) is 7.20. The summed E-state index contributed by atoms with van der Waals surface area (Å²) >= 11 is 2.22. The zero-order valence-electron chi connectivity index (χ0n) is 8.82. The zero-order chi connectivity index (χ0) is 10.8. The average Bonchev–Trinajstić information content (AvgIpc) is 2.60. The molecule has 1 aliphatic rings. The Hall–Kier alpha value is -0.300. The Labute approximate surface area is 103 Å². The Balaban J connectivity index is 2.12. The van der Waals surface area contributed by atoms with Crippen molar-refractivity contribution in [2.24, 2.45) is 5.92 Å². The van der Waals surface area contributed by atoms with E-state index in [-0.39, 0.29) is 0 Å². The molecule has 1 aliphatic heterocycles. The molecule has 2 rings (SSSR count). The summed E-state index contributed by atoms with van der Waals surface area (Å²) in [4.78, 5) is 0. The fourth-order valence-electron chi connectivity index (χ4n) is 2.07. The van der Waals surface area contributed by atoms with Crippen LogP contribution in [-0.4, -0.2) is 23.0 Å². The van der Waals surface area contributed by atoms with Crippen LogP contribution in [-0.2, 0) is 4.74 Å². The van der Waals surface area contributed by atoms with Crippen molar-refractivity contribution in [3.8, 4) is 0 Å². The van der Waals surface area contributed by atoms with E-state index in [0.717, 1.165) is 35.4 Å². The molecule has 1 saturated heterocycles. The van der Waals surface area contributed by atoms with Gasteiger partial charge in [-0.25, -0.2) is 4.68 Å². The van der Waals surface area contributed by atoms with E-state index in [2.05, 4.69) is 34.6 Å². The highest BCUT2D eigenvalue weighted by Gasteiger charge is 2.23. The summed E-state index contributed by atoms with van der Waals surface area (Å²) in [6.45, 7) is 3.93. The third kappa shape index (κ3) is 2.28. The fourth-order valence-corrected chi connectivity index (χ4v) is 2.44. The first kappa shape index (κ1) is 11.2. The number of halogens is 1. The molecular weight excluding hydrogens is 305 g/mol. The van der Waals surface area contributed by atoms with E-state index in [1.54, 1.807) is 0 Å². The van der Waals surface area contributed by atoms with Gasteiger partial charge in [0, 0.05) is 13.2 Å². The first-order valence-electron chi connectivity index (χ1n) is 5.26. The fraction of sp³-hybridized carbons (Fsp3) is 0.700. The lowest BCUT2D eigenvalue weighted by Crippen LogP contribution is -2.25. The van der Waals surface area contributed by atoms with Crippen LogP contribution in [0.3, 0.4) is 0 Å². The summed E-state index contributed by atoms with van der Waals surface area (Å²) < 4.78 is 8.33. The summed E-state index contributed by atoms with van der Waals surface area (Å²) in [6, 6.07) is 0.373. The molecule has 1 atom stereocenters. The summed E-state index contributed by atoms with van der Waals surface area (Å²) in [6.07, 6.45) is 4.04. The second-order valence-corrected chi connectivity index (χ2v) is 5.17. The van der Waals surface area contributed by atoms with Crippen LogP contribution in [0, 0.1) is 9.49 Å². The first-order valence-corrected chi connectivity index (χ1v) is 6.34. The molecule has 1 fully saturated rings. The van der Waals surface area contributed by atoms with Gasteiger partial charge in [0.05, 0.1) is 15.8 Å². The van der Waals surface area contributed by atoms with E-state index in [9.17, 15) is 0 Å². The molecule has 0 spiro atoms. The highest BCUT2D eigenvalue weighted by molar-refractivity contribution is 14.1. The third-order valence-corrected chi connectivity index (χ3v) is 3.95. The minimum atomic E-state index is 0.373. The van der Waals surface area contributed by atoms with Crippen molar-refractivity contribution in [3.05, 3.63) is 9.77 Å². The normalized spacial score (nSPS) is 20.4. The Morgan fingerprint density at radius 3 is 2.80 bits per heavy atom. The highest BCUT2D eigenvalue weighted by Crippen LogP contribution is 2.29. The molecule has 0 saturated carbocycles. The van der Waals surface area contributed by atoms with E-state index in [0.29, 0.717) is 12.0 Å². The van der Waals surface area contributed by atoms with Gasteiger partial charge >= 0.3 is 0 Å². The molecule has 0 bridgehead atoms. The molecule has 0 aliphatic carbocycles. The van der Waals surface area contributed by atoms with Gasteiger partial charge < -0.3 is 10.5 Å². The number of nitrogens with zero attached hydrogens (tertiary/aromatic N) is 2. The standard InChI is InChI=1S/C10H16IN3O/c1-7(8-2-4-15-5-3-8)14-10(12)9(11)6-13-14/h6-8H,2-5,12H2,1H3. The number of aromatic nitrogens is 2. The number of hydrogen-bond donors (Lipinski definition) is 1. The van der Waals surface area contributed by atoms with Crippen molar-refractivity contribution >= 4 is 28.4 Å². The van der Waals surface area contributed by atoms with Crippen molar-refractivity contribution in [1.29, 1.82) is 0 Å². The number of nitrogens with two attached hydrogens (primary N) is 1. The molecule has 1 unspecified atom stereocenters. The topological polar surface area (TPSA) is 53.1 Å². The van der Waals surface area contributed by atoms with Crippen LogP contribution in [0.5, 0.6) is 0 Å². The van der Waals surface area contributed by atoms with E-state index in [1.165, 1.54) is 0 Å². The zero-order valence-corrected chi connectivity index (χ0v) is 11.0. The Morgan fingerprint density at radius 2 is 2.27 bits per heavy atom. The van der Waals surface area contributed by atoms with Crippen LogP contribution < -0.4 is 5.73 Å². The van der Waals surface area contributed by atoms with Crippen LogP contribution in [0.1, 0.15) is 25.8 Å². The second kappa shape index (κ2) is 4.69. The van der Waals surface area contributed by atoms with E-state index >= 15 is 0 Å². The van der Waals surface area contributed by atoms with Gasteiger partial charge in [0.15, 0.2) is 0 Å². The van der Waals surface area contributed by atoms with Crippen LogP contribution in [0.25, 0.3) is 0 Å². The van der Waals surface area contributed by atoms with E-state index in [1.807, 2.05) is 10.9 Å². The van der Waals surface area contributed by atoms with Crippen molar-refractivity contribution in [2.45, 2.75) is 25.8 Å². The van der Waals surface area contributed by atoms with Gasteiger partial charge in [0.1, 0.15) is 5.82 Å². The van der Waals surface area contributed by atoms with Gasteiger partial charge in [-0.1, -0.05) is 0 Å². The summed E-state index contributed by atoms with van der Waals surface area (Å²) in [7, 11) is 0. The number of anilines is 1. The third-order valence-electron chi connectivity index (χ3n) is 3.12. The van der Waals surface area contributed by atoms with Gasteiger partial charge in [0.2, 0.25) is 0 Å². The average molecular weight is 321 g/mol. The molecule has 5 heteroatoms. The Morgan fingerprint density at radius 1 is 1.60 bits per heavy atom. The van der Waals surface area contributed by atoms with Gasteiger partial charge in [-0.15, -0.1) is 0 Å².